The molecule has 20 heavy (non-hydrogen) atoms. The largest absolute Gasteiger partial charge is 0.346 e. The summed E-state index contributed by atoms with van der Waals surface area (Å²) in [5, 5.41) is 2.66. The Morgan fingerprint density at radius 3 is 2.55 bits per heavy atom. The maximum Gasteiger partial charge on any atom is 0.251 e. The summed E-state index contributed by atoms with van der Waals surface area (Å²) in [5.74, 6) is -0.265. The number of pyridine rings is 2. The van der Waals surface area contributed by atoms with Crippen molar-refractivity contribution in [3.05, 3.63) is 54.0 Å². The van der Waals surface area contributed by atoms with E-state index >= 15 is 0 Å². The zero-order valence-electron chi connectivity index (χ0n) is 10.8. The molecule has 104 valence electrons. The SMILES string of the molecule is CS(=O)(=O)c1cccc(CNC(=O)c2ccncc2)n1. The van der Waals surface area contributed by atoms with Gasteiger partial charge in [0.15, 0.2) is 14.9 Å². The Morgan fingerprint density at radius 1 is 1.20 bits per heavy atom. The van der Waals surface area contributed by atoms with Gasteiger partial charge in [0.05, 0.1) is 12.2 Å². The molecule has 0 bridgehead atoms. The normalized spacial score (nSPS) is 11.1. The predicted molar refractivity (Wildman–Crippen MR) is 72.8 cm³/mol. The molecular weight excluding hydrogens is 278 g/mol. The van der Waals surface area contributed by atoms with Crippen LogP contribution in [0.15, 0.2) is 47.8 Å². The molecule has 0 radical (unpaired) electrons. The van der Waals surface area contributed by atoms with Gasteiger partial charge >= 0.3 is 0 Å². The minimum absolute atomic E-state index is 0.00633. The molecule has 0 unspecified atom stereocenters. The Morgan fingerprint density at radius 2 is 1.90 bits per heavy atom. The summed E-state index contributed by atoms with van der Waals surface area (Å²) in [6, 6.07) is 7.85. The van der Waals surface area contributed by atoms with Crippen LogP contribution < -0.4 is 5.32 Å². The van der Waals surface area contributed by atoms with Crippen molar-refractivity contribution in [2.45, 2.75) is 11.6 Å². The second-order valence-electron chi connectivity index (χ2n) is 4.16. The van der Waals surface area contributed by atoms with Crippen LogP contribution in [0.4, 0.5) is 0 Å². The molecule has 1 amide bonds. The van der Waals surface area contributed by atoms with Gasteiger partial charge in [0.25, 0.3) is 5.91 Å². The van der Waals surface area contributed by atoms with Crippen LogP contribution in [-0.2, 0) is 16.4 Å². The fourth-order valence-electron chi connectivity index (χ4n) is 1.54. The van der Waals surface area contributed by atoms with Crippen molar-refractivity contribution >= 4 is 15.7 Å². The average molecular weight is 291 g/mol. The highest BCUT2D eigenvalue weighted by molar-refractivity contribution is 7.90. The monoisotopic (exact) mass is 291 g/mol. The van der Waals surface area contributed by atoms with E-state index in [1.54, 1.807) is 24.3 Å². The van der Waals surface area contributed by atoms with E-state index in [9.17, 15) is 13.2 Å². The molecule has 0 aliphatic carbocycles. The zero-order valence-corrected chi connectivity index (χ0v) is 11.6. The number of carbonyl (C=O) groups excluding carboxylic acids is 1. The van der Waals surface area contributed by atoms with Crippen molar-refractivity contribution in [2.24, 2.45) is 0 Å². The third-order valence-corrected chi connectivity index (χ3v) is 3.52. The van der Waals surface area contributed by atoms with Crippen molar-refractivity contribution in [1.82, 2.24) is 15.3 Å². The topological polar surface area (TPSA) is 89.0 Å². The highest BCUT2D eigenvalue weighted by Gasteiger charge is 2.10. The number of sulfone groups is 1. The summed E-state index contributed by atoms with van der Waals surface area (Å²) < 4.78 is 22.8. The second-order valence-corrected chi connectivity index (χ2v) is 6.12. The van der Waals surface area contributed by atoms with Gasteiger partial charge < -0.3 is 5.32 Å². The van der Waals surface area contributed by atoms with Crippen LogP contribution in [-0.4, -0.2) is 30.5 Å². The molecule has 2 rings (SSSR count). The molecule has 0 fully saturated rings. The van der Waals surface area contributed by atoms with Crippen molar-refractivity contribution in [1.29, 1.82) is 0 Å². The fraction of sp³-hybridized carbons (Fsp3) is 0.154. The Balaban J connectivity index is 2.07. The summed E-state index contributed by atoms with van der Waals surface area (Å²) >= 11 is 0. The van der Waals surface area contributed by atoms with E-state index in [0.29, 0.717) is 11.3 Å². The molecule has 2 heterocycles. The molecule has 0 saturated carbocycles. The molecule has 0 aliphatic rings. The number of hydrogen-bond acceptors (Lipinski definition) is 5. The first-order valence-corrected chi connectivity index (χ1v) is 7.70. The van der Waals surface area contributed by atoms with Crippen molar-refractivity contribution in [2.75, 3.05) is 6.26 Å². The van der Waals surface area contributed by atoms with E-state index in [0.717, 1.165) is 6.26 Å². The van der Waals surface area contributed by atoms with Gasteiger partial charge in [-0.25, -0.2) is 13.4 Å². The van der Waals surface area contributed by atoms with Crippen LogP contribution in [0.5, 0.6) is 0 Å². The van der Waals surface area contributed by atoms with Crippen LogP contribution in [0.1, 0.15) is 16.1 Å². The third-order valence-electron chi connectivity index (χ3n) is 2.53. The molecule has 2 aromatic rings. The van der Waals surface area contributed by atoms with Gasteiger partial charge in [0.1, 0.15) is 0 Å². The number of carbonyl (C=O) groups is 1. The maximum atomic E-state index is 11.8. The first-order valence-electron chi connectivity index (χ1n) is 5.81. The summed E-state index contributed by atoms with van der Waals surface area (Å²) in [5.41, 5.74) is 0.967. The molecule has 0 spiro atoms. The predicted octanol–water partition coefficient (Wildman–Crippen LogP) is 0.810. The summed E-state index contributed by atoms with van der Waals surface area (Å²) in [7, 11) is -3.35. The third kappa shape index (κ3) is 3.61. The zero-order chi connectivity index (χ0) is 14.6. The standard InChI is InChI=1S/C13H13N3O3S/c1-20(18,19)12-4-2-3-11(16-12)9-15-13(17)10-5-7-14-8-6-10/h2-8H,9H2,1H3,(H,15,17). The quantitative estimate of drug-likeness (QED) is 0.900. The molecule has 6 nitrogen and oxygen atoms in total. The van der Waals surface area contributed by atoms with Crippen LogP contribution in [0, 0.1) is 0 Å². The first kappa shape index (κ1) is 14.1. The van der Waals surface area contributed by atoms with Crippen molar-refractivity contribution in [3.63, 3.8) is 0 Å². The smallest absolute Gasteiger partial charge is 0.251 e. The van der Waals surface area contributed by atoms with Crippen molar-refractivity contribution < 1.29 is 13.2 Å². The highest BCUT2D eigenvalue weighted by Crippen LogP contribution is 2.06. The second kappa shape index (κ2) is 5.79. The minimum atomic E-state index is -3.35. The van der Waals surface area contributed by atoms with Gasteiger partial charge in [-0.1, -0.05) is 6.07 Å². The molecule has 2 aromatic heterocycles. The van der Waals surface area contributed by atoms with Crippen molar-refractivity contribution in [3.8, 4) is 0 Å². The Labute approximate surface area is 116 Å². The lowest BCUT2D eigenvalue weighted by molar-refractivity contribution is 0.0950. The van der Waals surface area contributed by atoms with E-state index in [1.807, 2.05) is 0 Å². The number of rotatable bonds is 4. The van der Waals surface area contributed by atoms with Gasteiger partial charge in [0, 0.05) is 24.2 Å². The van der Waals surface area contributed by atoms with Gasteiger partial charge in [0.2, 0.25) is 0 Å². The van der Waals surface area contributed by atoms with E-state index in [4.69, 9.17) is 0 Å². The molecule has 1 N–H and O–H groups in total. The van der Waals surface area contributed by atoms with Gasteiger partial charge in [-0.15, -0.1) is 0 Å². The van der Waals surface area contributed by atoms with E-state index in [1.165, 1.54) is 18.5 Å². The van der Waals surface area contributed by atoms with Crippen LogP contribution in [0.3, 0.4) is 0 Å². The lowest BCUT2D eigenvalue weighted by Crippen LogP contribution is -2.23. The van der Waals surface area contributed by atoms with Gasteiger partial charge in [-0.3, -0.25) is 9.78 Å². The van der Waals surface area contributed by atoms with E-state index in [2.05, 4.69) is 15.3 Å². The van der Waals surface area contributed by atoms with E-state index in [-0.39, 0.29) is 17.5 Å². The number of hydrogen-bond donors (Lipinski definition) is 1. The number of aromatic nitrogens is 2. The molecule has 0 atom stereocenters. The molecular formula is C13H13N3O3S. The van der Waals surface area contributed by atoms with Crippen LogP contribution >= 0.6 is 0 Å². The van der Waals surface area contributed by atoms with E-state index < -0.39 is 9.84 Å². The minimum Gasteiger partial charge on any atom is -0.346 e. The van der Waals surface area contributed by atoms with Gasteiger partial charge in [-0.05, 0) is 24.3 Å². The maximum absolute atomic E-state index is 11.8. The lowest BCUT2D eigenvalue weighted by Gasteiger charge is -2.05. The van der Waals surface area contributed by atoms with Crippen LogP contribution in [0.25, 0.3) is 0 Å². The molecule has 7 heteroatoms. The Bertz CT molecular complexity index is 715. The highest BCUT2D eigenvalue weighted by atomic mass is 32.2. The van der Waals surface area contributed by atoms with Gasteiger partial charge in [-0.2, -0.15) is 0 Å². The average Bonchev–Trinajstić information content (AvgIpc) is 2.45. The first-order chi connectivity index (χ1) is 9.47. The van der Waals surface area contributed by atoms with Crippen LogP contribution in [0.2, 0.25) is 0 Å². The number of amides is 1. The Hall–Kier alpha value is -2.28. The summed E-state index contributed by atoms with van der Waals surface area (Å²) in [4.78, 5) is 19.6. The molecule has 0 saturated heterocycles. The summed E-state index contributed by atoms with van der Waals surface area (Å²) in [6.45, 7) is 0.157. The fourth-order valence-corrected chi connectivity index (χ4v) is 2.15. The molecule has 0 aliphatic heterocycles. The number of nitrogens with one attached hydrogen (secondary N) is 1. The number of nitrogens with zero attached hydrogens (tertiary/aromatic N) is 2. The molecule has 0 aromatic carbocycles. The summed E-state index contributed by atoms with van der Waals surface area (Å²) in [6.07, 6.45) is 4.14. The lowest BCUT2D eigenvalue weighted by atomic mass is 10.2. The Kier molecular flexibility index (Phi) is 4.09.